The van der Waals surface area contributed by atoms with E-state index in [4.69, 9.17) is 4.74 Å². The van der Waals surface area contributed by atoms with Crippen LogP contribution >= 0.6 is 0 Å². The first kappa shape index (κ1) is 11.9. The Morgan fingerprint density at radius 1 is 1.47 bits per heavy atom. The van der Waals surface area contributed by atoms with E-state index in [1.54, 1.807) is 0 Å². The molecule has 1 aliphatic rings. The van der Waals surface area contributed by atoms with Crippen molar-refractivity contribution < 1.29 is 14.6 Å². The summed E-state index contributed by atoms with van der Waals surface area (Å²) < 4.78 is 5.24. The Morgan fingerprint density at radius 3 is 2.88 bits per heavy atom. The van der Waals surface area contributed by atoms with E-state index in [1.165, 1.54) is 5.56 Å². The third-order valence-corrected chi connectivity index (χ3v) is 3.08. The molecular weight excluding hydrogens is 218 g/mol. The lowest BCUT2D eigenvalue weighted by molar-refractivity contribution is -0.141. The number of morpholine rings is 1. The predicted molar refractivity (Wildman–Crippen MR) is 65.5 cm³/mol. The fourth-order valence-electron chi connectivity index (χ4n) is 2.22. The summed E-state index contributed by atoms with van der Waals surface area (Å²) in [6.07, 6.45) is 0. The van der Waals surface area contributed by atoms with Crippen LogP contribution in [0.25, 0.3) is 0 Å². The standard InChI is InChI=1S/C13H17NO3/c1-9-3-4-11(10(2)7-9)14-5-6-17-8-12(14)13(15)16/h3-4,7,12H,5-6,8H2,1-2H3,(H,15,16). The average molecular weight is 235 g/mol. The van der Waals surface area contributed by atoms with E-state index in [2.05, 4.69) is 6.07 Å². The second-order valence-corrected chi connectivity index (χ2v) is 4.41. The van der Waals surface area contributed by atoms with E-state index in [9.17, 15) is 9.90 Å². The Bertz CT molecular complexity index is 431. The molecular formula is C13H17NO3. The van der Waals surface area contributed by atoms with E-state index < -0.39 is 12.0 Å². The lowest BCUT2D eigenvalue weighted by atomic mass is 10.1. The second kappa shape index (κ2) is 4.75. The number of ether oxygens (including phenoxy) is 1. The number of carbonyl (C=O) groups is 1. The molecule has 0 bridgehead atoms. The zero-order valence-corrected chi connectivity index (χ0v) is 10.1. The molecule has 1 fully saturated rings. The Kier molecular flexibility index (Phi) is 3.33. The van der Waals surface area contributed by atoms with Crippen molar-refractivity contribution in [2.45, 2.75) is 19.9 Å². The summed E-state index contributed by atoms with van der Waals surface area (Å²) >= 11 is 0. The fourth-order valence-corrected chi connectivity index (χ4v) is 2.22. The highest BCUT2D eigenvalue weighted by molar-refractivity contribution is 5.79. The molecule has 0 radical (unpaired) electrons. The van der Waals surface area contributed by atoms with Crippen molar-refractivity contribution in [3.05, 3.63) is 29.3 Å². The van der Waals surface area contributed by atoms with Crippen molar-refractivity contribution in [3.8, 4) is 0 Å². The molecule has 1 aromatic rings. The summed E-state index contributed by atoms with van der Waals surface area (Å²) in [6.45, 7) is 5.50. The molecule has 0 saturated carbocycles. The van der Waals surface area contributed by atoms with Crippen molar-refractivity contribution in [3.63, 3.8) is 0 Å². The Balaban J connectivity index is 2.32. The maximum absolute atomic E-state index is 11.2. The normalized spacial score (nSPS) is 20.4. The van der Waals surface area contributed by atoms with Crippen LogP contribution in [0, 0.1) is 13.8 Å². The second-order valence-electron chi connectivity index (χ2n) is 4.41. The first-order valence-corrected chi connectivity index (χ1v) is 5.74. The van der Waals surface area contributed by atoms with Gasteiger partial charge in [0.25, 0.3) is 0 Å². The van der Waals surface area contributed by atoms with Crippen LogP contribution in [0.15, 0.2) is 18.2 Å². The largest absolute Gasteiger partial charge is 0.480 e. The molecule has 1 unspecified atom stereocenters. The molecule has 1 heterocycles. The van der Waals surface area contributed by atoms with E-state index >= 15 is 0 Å². The monoisotopic (exact) mass is 235 g/mol. The number of aryl methyl sites for hydroxylation is 2. The smallest absolute Gasteiger partial charge is 0.328 e. The number of anilines is 1. The highest BCUT2D eigenvalue weighted by Crippen LogP contribution is 2.24. The van der Waals surface area contributed by atoms with Gasteiger partial charge in [0.1, 0.15) is 0 Å². The number of aliphatic carboxylic acids is 1. The van der Waals surface area contributed by atoms with Gasteiger partial charge in [0.05, 0.1) is 13.2 Å². The van der Waals surface area contributed by atoms with Crippen molar-refractivity contribution in [1.29, 1.82) is 0 Å². The molecule has 0 amide bonds. The third-order valence-electron chi connectivity index (χ3n) is 3.08. The van der Waals surface area contributed by atoms with Gasteiger partial charge in [0, 0.05) is 12.2 Å². The van der Waals surface area contributed by atoms with E-state index in [0.717, 1.165) is 11.3 Å². The van der Waals surface area contributed by atoms with Gasteiger partial charge in [0.15, 0.2) is 6.04 Å². The topological polar surface area (TPSA) is 49.8 Å². The lowest BCUT2D eigenvalue weighted by Gasteiger charge is -2.35. The average Bonchev–Trinajstić information content (AvgIpc) is 2.29. The van der Waals surface area contributed by atoms with Crippen LogP contribution in [0.3, 0.4) is 0 Å². The van der Waals surface area contributed by atoms with Crippen LogP contribution in [0.2, 0.25) is 0 Å². The van der Waals surface area contributed by atoms with Gasteiger partial charge in [-0.2, -0.15) is 0 Å². The SMILES string of the molecule is Cc1ccc(N2CCOCC2C(=O)O)c(C)c1. The minimum Gasteiger partial charge on any atom is -0.480 e. The number of nitrogens with zero attached hydrogens (tertiary/aromatic N) is 1. The third kappa shape index (κ3) is 2.42. The van der Waals surface area contributed by atoms with Gasteiger partial charge in [-0.3, -0.25) is 0 Å². The van der Waals surface area contributed by atoms with Crippen molar-refractivity contribution in [1.82, 2.24) is 0 Å². The zero-order valence-electron chi connectivity index (χ0n) is 10.1. The van der Waals surface area contributed by atoms with Crippen molar-refractivity contribution in [2.24, 2.45) is 0 Å². The van der Waals surface area contributed by atoms with Crippen molar-refractivity contribution in [2.75, 3.05) is 24.7 Å². The zero-order chi connectivity index (χ0) is 12.4. The number of carboxylic acids is 1. The number of carboxylic acid groups (broad SMARTS) is 1. The Morgan fingerprint density at radius 2 is 2.24 bits per heavy atom. The van der Waals surface area contributed by atoms with Crippen molar-refractivity contribution >= 4 is 11.7 Å². The Hall–Kier alpha value is -1.55. The molecule has 2 rings (SSSR count). The summed E-state index contributed by atoms with van der Waals surface area (Å²) in [6, 6.07) is 5.50. The molecule has 1 atom stereocenters. The quantitative estimate of drug-likeness (QED) is 0.845. The molecule has 1 N–H and O–H groups in total. The fraction of sp³-hybridized carbons (Fsp3) is 0.462. The molecule has 4 nitrogen and oxygen atoms in total. The first-order chi connectivity index (χ1) is 8.09. The van der Waals surface area contributed by atoms with Gasteiger partial charge in [-0.1, -0.05) is 17.7 Å². The van der Waals surface area contributed by atoms with Gasteiger partial charge in [-0.05, 0) is 25.5 Å². The van der Waals surface area contributed by atoms with Crippen LogP contribution in [-0.4, -0.2) is 36.9 Å². The molecule has 4 heteroatoms. The molecule has 0 spiro atoms. The van der Waals surface area contributed by atoms with Crippen LogP contribution in [-0.2, 0) is 9.53 Å². The van der Waals surface area contributed by atoms with E-state index in [0.29, 0.717) is 13.2 Å². The molecule has 1 saturated heterocycles. The van der Waals surface area contributed by atoms with E-state index in [-0.39, 0.29) is 6.61 Å². The van der Waals surface area contributed by atoms with E-state index in [1.807, 2.05) is 30.9 Å². The summed E-state index contributed by atoms with van der Waals surface area (Å²) in [5.74, 6) is -0.829. The Labute approximate surface area is 101 Å². The molecule has 17 heavy (non-hydrogen) atoms. The highest BCUT2D eigenvalue weighted by atomic mass is 16.5. The maximum Gasteiger partial charge on any atom is 0.328 e. The summed E-state index contributed by atoms with van der Waals surface area (Å²) in [7, 11) is 0. The first-order valence-electron chi connectivity index (χ1n) is 5.74. The van der Waals surface area contributed by atoms with Gasteiger partial charge < -0.3 is 14.7 Å². The van der Waals surface area contributed by atoms with Crippen LogP contribution in [0.5, 0.6) is 0 Å². The minimum absolute atomic E-state index is 0.253. The molecule has 0 aromatic heterocycles. The van der Waals surface area contributed by atoms with Crippen LogP contribution < -0.4 is 4.90 Å². The van der Waals surface area contributed by atoms with Gasteiger partial charge in [0.2, 0.25) is 0 Å². The molecule has 1 aromatic carbocycles. The number of benzene rings is 1. The summed E-state index contributed by atoms with van der Waals surface area (Å²) in [5.41, 5.74) is 3.29. The van der Waals surface area contributed by atoms with Gasteiger partial charge >= 0.3 is 5.97 Å². The number of rotatable bonds is 2. The molecule has 0 aliphatic carbocycles. The minimum atomic E-state index is -0.829. The van der Waals surface area contributed by atoms with Gasteiger partial charge in [-0.15, -0.1) is 0 Å². The lowest BCUT2D eigenvalue weighted by Crippen LogP contribution is -2.50. The molecule has 1 aliphatic heterocycles. The summed E-state index contributed by atoms with van der Waals surface area (Å²) in [4.78, 5) is 13.1. The summed E-state index contributed by atoms with van der Waals surface area (Å²) in [5, 5.41) is 9.19. The predicted octanol–water partition coefficient (Wildman–Crippen LogP) is 1.59. The number of hydrogen-bond acceptors (Lipinski definition) is 3. The van der Waals surface area contributed by atoms with Gasteiger partial charge in [-0.25, -0.2) is 4.79 Å². The van der Waals surface area contributed by atoms with Crippen LogP contribution in [0.4, 0.5) is 5.69 Å². The maximum atomic E-state index is 11.2. The number of hydrogen-bond donors (Lipinski definition) is 1. The molecule has 92 valence electrons. The highest BCUT2D eigenvalue weighted by Gasteiger charge is 2.29. The van der Waals surface area contributed by atoms with Crippen LogP contribution in [0.1, 0.15) is 11.1 Å².